The molecular formula is C18H23N7O. The molecule has 0 aliphatic carbocycles. The summed E-state index contributed by atoms with van der Waals surface area (Å²) in [4.78, 5) is 11.2. The summed E-state index contributed by atoms with van der Waals surface area (Å²) in [5.74, 6) is 3.44. The first-order valence-electron chi connectivity index (χ1n) is 8.37. The molecule has 0 aromatic carbocycles. The highest BCUT2D eigenvalue weighted by atomic mass is 16.3. The van der Waals surface area contributed by atoms with Gasteiger partial charge in [-0.25, -0.2) is 9.97 Å². The Morgan fingerprint density at radius 1 is 1.15 bits per heavy atom. The molecule has 136 valence electrons. The minimum Gasteiger partial charge on any atom is -0.465 e. The van der Waals surface area contributed by atoms with Gasteiger partial charge in [-0.15, -0.1) is 0 Å². The zero-order valence-corrected chi connectivity index (χ0v) is 15.2. The third-order valence-corrected chi connectivity index (χ3v) is 3.51. The number of aromatic amines is 1. The van der Waals surface area contributed by atoms with Crippen LogP contribution in [0.2, 0.25) is 0 Å². The van der Waals surface area contributed by atoms with Gasteiger partial charge in [0.1, 0.15) is 17.4 Å². The Kier molecular flexibility index (Phi) is 5.65. The van der Waals surface area contributed by atoms with E-state index in [1.54, 1.807) is 6.26 Å². The summed E-state index contributed by atoms with van der Waals surface area (Å²) in [6.45, 7) is 3.64. The van der Waals surface area contributed by atoms with E-state index in [1.165, 1.54) is 0 Å². The number of hydrogen-bond acceptors (Lipinski definition) is 7. The highest BCUT2D eigenvalue weighted by Gasteiger charge is 2.06. The van der Waals surface area contributed by atoms with E-state index in [0.29, 0.717) is 17.5 Å². The van der Waals surface area contributed by atoms with Gasteiger partial charge in [0, 0.05) is 30.9 Å². The molecule has 0 saturated heterocycles. The van der Waals surface area contributed by atoms with E-state index in [1.807, 2.05) is 57.4 Å². The minimum absolute atomic E-state index is 0.575. The number of rotatable bonds is 8. The van der Waals surface area contributed by atoms with Gasteiger partial charge in [0.05, 0.1) is 6.26 Å². The average molecular weight is 353 g/mol. The molecule has 0 aliphatic rings. The molecule has 0 amide bonds. The number of hydrogen-bond donors (Lipinski definition) is 3. The maximum Gasteiger partial charge on any atom is 0.156 e. The number of H-pyrrole nitrogens is 1. The molecule has 3 heterocycles. The van der Waals surface area contributed by atoms with Crippen LogP contribution < -0.4 is 10.6 Å². The van der Waals surface area contributed by atoms with Crippen molar-refractivity contribution in [3.05, 3.63) is 47.8 Å². The molecule has 0 bridgehead atoms. The number of aromatic nitrogens is 4. The lowest BCUT2D eigenvalue weighted by Crippen LogP contribution is -2.21. The van der Waals surface area contributed by atoms with Crippen LogP contribution in [0.5, 0.6) is 0 Å². The number of furan rings is 1. The highest BCUT2D eigenvalue weighted by molar-refractivity contribution is 5.66. The number of aryl methyl sites for hydroxylation is 1. The Hall–Kier alpha value is -3.13. The van der Waals surface area contributed by atoms with Crippen LogP contribution in [0.4, 0.5) is 17.5 Å². The first kappa shape index (κ1) is 17.7. The van der Waals surface area contributed by atoms with E-state index in [0.717, 1.165) is 30.4 Å². The van der Waals surface area contributed by atoms with Crippen LogP contribution in [0.1, 0.15) is 17.3 Å². The summed E-state index contributed by atoms with van der Waals surface area (Å²) < 4.78 is 5.31. The molecule has 0 spiro atoms. The van der Waals surface area contributed by atoms with E-state index >= 15 is 0 Å². The molecule has 0 atom stereocenters. The zero-order valence-electron chi connectivity index (χ0n) is 15.2. The second-order valence-electron chi connectivity index (χ2n) is 6.14. The molecule has 3 rings (SSSR count). The molecule has 0 aliphatic heterocycles. The lowest BCUT2D eigenvalue weighted by molar-refractivity contribution is 0.425. The van der Waals surface area contributed by atoms with E-state index < -0.39 is 0 Å². The van der Waals surface area contributed by atoms with E-state index in [2.05, 4.69) is 35.7 Å². The molecule has 26 heavy (non-hydrogen) atoms. The van der Waals surface area contributed by atoms with Crippen LogP contribution in [0.15, 0.2) is 34.9 Å². The summed E-state index contributed by atoms with van der Waals surface area (Å²) >= 11 is 0. The van der Waals surface area contributed by atoms with Crippen molar-refractivity contribution in [2.24, 2.45) is 0 Å². The molecule has 0 saturated carbocycles. The molecule has 0 radical (unpaired) electrons. The molecule has 8 nitrogen and oxygen atoms in total. The maximum atomic E-state index is 5.31. The second-order valence-corrected chi connectivity index (χ2v) is 6.14. The van der Waals surface area contributed by atoms with Crippen molar-refractivity contribution in [1.29, 1.82) is 0 Å². The lowest BCUT2D eigenvalue weighted by atomic mass is 10.3. The van der Waals surface area contributed by atoms with E-state index in [4.69, 9.17) is 4.42 Å². The van der Waals surface area contributed by atoms with Crippen LogP contribution in [0.3, 0.4) is 0 Å². The van der Waals surface area contributed by atoms with Crippen molar-refractivity contribution in [1.82, 2.24) is 25.1 Å². The van der Waals surface area contributed by atoms with Gasteiger partial charge in [0.15, 0.2) is 11.6 Å². The van der Waals surface area contributed by atoms with Crippen molar-refractivity contribution >= 4 is 29.6 Å². The Morgan fingerprint density at radius 2 is 2.00 bits per heavy atom. The van der Waals surface area contributed by atoms with E-state index in [9.17, 15) is 0 Å². The minimum atomic E-state index is 0.575. The third-order valence-electron chi connectivity index (χ3n) is 3.51. The number of nitrogens with one attached hydrogen (secondary N) is 3. The Labute approximate surface area is 152 Å². The Morgan fingerprint density at radius 3 is 2.69 bits per heavy atom. The first-order valence-corrected chi connectivity index (χ1v) is 8.37. The topological polar surface area (TPSA) is 94.9 Å². The molecule has 0 unspecified atom stereocenters. The predicted molar refractivity (Wildman–Crippen MR) is 103 cm³/mol. The molecule has 0 fully saturated rings. The Balaban J connectivity index is 1.80. The predicted octanol–water partition coefficient (Wildman–Crippen LogP) is 2.99. The zero-order chi connectivity index (χ0) is 18.4. The van der Waals surface area contributed by atoms with Crippen LogP contribution in [0, 0.1) is 6.92 Å². The normalized spacial score (nSPS) is 11.4. The van der Waals surface area contributed by atoms with Gasteiger partial charge in [0.2, 0.25) is 0 Å². The number of nitrogens with zero attached hydrogens (tertiary/aromatic N) is 4. The number of anilines is 3. The summed E-state index contributed by atoms with van der Waals surface area (Å²) in [6.07, 6.45) is 5.28. The van der Waals surface area contributed by atoms with Gasteiger partial charge in [-0.1, -0.05) is 0 Å². The smallest absolute Gasteiger partial charge is 0.156 e. The molecule has 8 heteroatoms. The van der Waals surface area contributed by atoms with Crippen LogP contribution in [-0.2, 0) is 0 Å². The lowest BCUT2D eigenvalue weighted by Gasteiger charge is -2.12. The van der Waals surface area contributed by atoms with Crippen LogP contribution in [-0.4, -0.2) is 52.3 Å². The van der Waals surface area contributed by atoms with Crippen molar-refractivity contribution in [2.45, 2.75) is 6.92 Å². The van der Waals surface area contributed by atoms with Crippen molar-refractivity contribution in [2.75, 3.05) is 37.8 Å². The molecular weight excluding hydrogens is 330 g/mol. The highest BCUT2D eigenvalue weighted by Crippen LogP contribution is 2.17. The maximum absolute atomic E-state index is 5.31. The summed E-state index contributed by atoms with van der Waals surface area (Å²) in [5.41, 5.74) is 0.976. The van der Waals surface area contributed by atoms with Crippen molar-refractivity contribution in [3.63, 3.8) is 0 Å². The monoisotopic (exact) mass is 353 g/mol. The molecule has 3 N–H and O–H groups in total. The fraction of sp³-hybridized carbons (Fsp3) is 0.278. The number of likely N-dealkylation sites (N-methyl/N-ethyl adjacent to an activating group) is 1. The van der Waals surface area contributed by atoms with Crippen molar-refractivity contribution in [3.8, 4) is 0 Å². The van der Waals surface area contributed by atoms with Crippen LogP contribution in [0.25, 0.3) is 12.2 Å². The fourth-order valence-corrected chi connectivity index (χ4v) is 2.26. The van der Waals surface area contributed by atoms with E-state index in [-0.39, 0.29) is 0 Å². The SMILES string of the molecule is Cc1cc(Nc2cc(NCCN(C)C)nc(/C=C/c3ccco3)n2)n[nH]1. The summed E-state index contributed by atoms with van der Waals surface area (Å²) in [5, 5.41) is 13.6. The third kappa shape index (κ3) is 5.18. The summed E-state index contributed by atoms with van der Waals surface area (Å²) in [7, 11) is 4.07. The summed E-state index contributed by atoms with van der Waals surface area (Å²) in [6, 6.07) is 7.50. The Bertz CT molecular complexity index is 852. The van der Waals surface area contributed by atoms with Gasteiger partial charge >= 0.3 is 0 Å². The quantitative estimate of drug-likeness (QED) is 0.573. The van der Waals surface area contributed by atoms with Crippen LogP contribution >= 0.6 is 0 Å². The molecule has 3 aromatic heterocycles. The second kappa shape index (κ2) is 8.30. The largest absolute Gasteiger partial charge is 0.465 e. The average Bonchev–Trinajstić information content (AvgIpc) is 3.24. The fourth-order valence-electron chi connectivity index (χ4n) is 2.26. The van der Waals surface area contributed by atoms with Gasteiger partial charge in [-0.05, 0) is 45.3 Å². The molecule has 3 aromatic rings. The van der Waals surface area contributed by atoms with Gasteiger partial charge in [-0.3, -0.25) is 5.10 Å². The van der Waals surface area contributed by atoms with Gasteiger partial charge in [-0.2, -0.15) is 5.10 Å². The van der Waals surface area contributed by atoms with Gasteiger partial charge in [0.25, 0.3) is 0 Å². The first-order chi connectivity index (χ1) is 12.6. The standard InChI is InChI=1S/C18H23N7O/c1-13-11-18(24-23-13)22-17-12-16(19-8-9-25(2)3)20-15(21-17)7-6-14-5-4-10-26-14/h4-7,10-12H,8-9H2,1-3H3,(H3,19,20,21,22,23,24)/b7-6+. The van der Waals surface area contributed by atoms with Crippen molar-refractivity contribution < 1.29 is 4.42 Å². The van der Waals surface area contributed by atoms with Gasteiger partial charge < -0.3 is 20.0 Å².